The minimum Gasteiger partial charge on any atom is -0.314 e. The topological polar surface area (TPSA) is 116 Å². The van der Waals surface area contributed by atoms with Crippen molar-refractivity contribution in [2.45, 2.75) is 6.54 Å². The zero-order valence-electron chi connectivity index (χ0n) is 14.0. The van der Waals surface area contributed by atoms with E-state index < -0.39 is 16.5 Å². The van der Waals surface area contributed by atoms with Crippen LogP contribution in [0, 0.1) is 10.1 Å². The molecule has 1 heterocycles. The molecule has 0 aliphatic rings. The molecule has 10 nitrogen and oxygen atoms in total. The maximum absolute atomic E-state index is 12.4. The highest BCUT2D eigenvalue weighted by Gasteiger charge is 2.18. The van der Waals surface area contributed by atoms with Crippen LogP contribution >= 0.6 is 11.6 Å². The molecule has 0 fully saturated rings. The van der Waals surface area contributed by atoms with Crippen LogP contribution in [0.1, 0.15) is 0 Å². The molecule has 0 unspecified atom stereocenters. The van der Waals surface area contributed by atoms with Gasteiger partial charge in [-0.25, -0.2) is 4.79 Å². The summed E-state index contributed by atoms with van der Waals surface area (Å²) in [6.07, 6.45) is 0. The number of carbonyl (C=O) groups is 1. The first-order valence-corrected chi connectivity index (χ1v) is 8.05. The second kappa shape index (κ2) is 7.38. The number of hydrogen-bond acceptors (Lipinski definition) is 6. The number of anilines is 1. The van der Waals surface area contributed by atoms with Crippen LogP contribution in [0.2, 0.25) is 5.02 Å². The van der Waals surface area contributed by atoms with Crippen LogP contribution in [0.25, 0.3) is 5.69 Å². The third-order valence-electron chi connectivity index (χ3n) is 3.83. The summed E-state index contributed by atoms with van der Waals surface area (Å²) in [5.41, 5.74) is 0.0933. The first-order valence-electron chi connectivity index (χ1n) is 7.67. The molecule has 3 aromatic rings. The van der Waals surface area contributed by atoms with Crippen molar-refractivity contribution in [2.75, 3.05) is 11.9 Å². The summed E-state index contributed by atoms with van der Waals surface area (Å²) in [5, 5.41) is 18.5. The van der Waals surface area contributed by atoms with E-state index in [1.165, 1.54) is 36.2 Å². The standard InChI is InChI=1S/C16H13ClN6O4/c1-20(11-6-8-12(9-7-11)23(26)27)15(24)10-21-16(25)22(19-18-21)14-5-3-2-4-13(14)17/h2-9H,10H2,1H3. The lowest BCUT2D eigenvalue weighted by molar-refractivity contribution is -0.384. The van der Waals surface area contributed by atoms with Gasteiger partial charge in [-0.3, -0.25) is 14.9 Å². The molecular formula is C16H13ClN6O4. The van der Waals surface area contributed by atoms with Crippen molar-refractivity contribution in [3.8, 4) is 5.69 Å². The van der Waals surface area contributed by atoms with Gasteiger partial charge >= 0.3 is 5.69 Å². The number of non-ortho nitro benzene ring substituents is 1. The van der Waals surface area contributed by atoms with Crippen LogP contribution in [-0.2, 0) is 11.3 Å². The number of benzene rings is 2. The molecule has 0 atom stereocenters. The highest BCUT2D eigenvalue weighted by atomic mass is 35.5. The summed E-state index contributed by atoms with van der Waals surface area (Å²) >= 11 is 6.05. The summed E-state index contributed by atoms with van der Waals surface area (Å²) in [4.78, 5) is 36.3. The van der Waals surface area contributed by atoms with Gasteiger partial charge < -0.3 is 4.90 Å². The number of nitro groups is 1. The number of carbonyl (C=O) groups excluding carboxylic acids is 1. The Labute approximate surface area is 157 Å². The van der Waals surface area contributed by atoms with E-state index in [1.54, 1.807) is 24.3 Å². The van der Waals surface area contributed by atoms with E-state index in [0.717, 1.165) is 9.36 Å². The summed E-state index contributed by atoms with van der Waals surface area (Å²) in [6.45, 7) is -0.350. The summed E-state index contributed by atoms with van der Waals surface area (Å²) in [5.74, 6) is -0.447. The van der Waals surface area contributed by atoms with Gasteiger partial charge in [0.15, 0.2) is 0 Å². The number of likely N-dealkylation sites (N-methyl/N-ethyl adjacent to an activating group) is 1. The first kappa shape index (κ1) is 18.3. The molecule has 0 radical (unpaired) electrons. The lowest BCUT2D eigenvalue weighted by Gasteiger charge is -2.16. The fourth-order valence-corrected chi connectivity index (χ4v) is 2.54. The van der Waals surface area contributed by atoms with Crippen LogP contribution in [-0.4, -0.2) is 37.7 Å². The minimum atomic E-state index is -0.617. The fraction of sp³-hybridized carbons (Fsp3) is 0.125. The van der Waals surface area contributed by atoms with Crippen molar-refractivity contribution in [2.24, 2.45) is 0 Å². The van der Waals surface area contributed by atoms with E-state index in [1.807, 2.05) is 0 Å². The zero-order chi connectivity index (χ0) is 19.6. The van der Waals surface area contributed by atoms with E-state index >= 15 is 0 Å². The van der Waals surface area contributed by atoms with Gasteiger partial charge in [0.1, 0.15) is 6.54 Å². The Balaban J connectivity index is 1.79. The number of para-hydroxylation sites is 1. The Bertz CT molecular complexity index is 1060. The third kappa shape index (κ3) is 3.70. The number of nitrogens with zero attached hydrogens (tertiary/aromatic N) is 6. The number of aromatic nitrogens is 4. The van der Waals surface area contributed by atoms with Gasteiger partial charge in [0, 0.05) is 24.9 Å². The van der Waals surface area contributed by atoms with Gasteiger partial charge in [-0.05, 0) is 34.7 Å². The molecule has 2 aromatic carbocycles. The fourth-order valence-electron chi connectivity index (χ4n) is 2.32. The number of rotatable bonds is 5. The first-order chi connectivity index (χ1) is 12.9. The molecule has 11 heteroatoms. The van der Waals surface area contributed by atoms with Crippen molar-refractivity contribution >= 4 is 28.9 Å². The van der Waals surface area contributed by atoms with Crippen LogP contribution < -0.4 is 10.6 Å². The lowest BCUT2D eigenvalue weighted by Crippen LogP contribution is -2.34. The molecule has 0 saturated heterocycles. The van der Waals surface area contributed by atoms with Gasteiger partial charge in [0.25, 0.3) is 5.69 Å². The number of nitro benzene ring substituents is 1. The van der Waals surface area contributed by atoms with Crippen LogP contribution in [0.4, 0.5) is 11.4 Å². The van der Waals surface area contributed by atoms with E-state index in [2.05, 4.69) is 10.4 Å². The minimum absolute atomic E-state index is 0.0847. The monoisotopic (exact) mass is 388 g/mol. The molecule has 1 amide bonds. The average Bonchev–Trinajstić information content (AvgIpc) is 3.02. The van der Waals surface area contributed by atoms with Crippen molar-refractivity contribution in [1.29, 1.82) is 0 Å². The van der Waals surface area contributed by atoms with Gasteiger partial charge in [0.2, 0.25) is 5.91 Å². The predicted octanol–water partition coefficient (Wildman–Crippen LogP) is 1.65. The molecule has 3 rings (SSSR count). The van der Waals surface area contributed by atoms with Crippen molar-refractivity contribution in [1.82, 2.24) is 19.8 Å². The average molecular weight is 389 g/mol. The molecule has 27 heavy (non-hydrogen) atoms. The molecule has 0 aliphatic carbocycles. The van der Waals surface area contributed by atoms with Gasteiger partial charge in [-0.1, -0.05) is 23.7 Å². The molecule has 0 bridgehead atoms. The van der Waals surface area contributed by atoms with Gasteiger partial charge in [0.05, 0.1) is 15.6 Å². The van der Waals surface area contributed by atoms with Crippen molar-refractivity contribution in [3.05, 3.63) is 74.2 Å². The number of tetrazole rings is 1. The van der Waals surface area contributed by atoms with Crippen LogP contribution in [0.3, 0.4) is 0 Å². The van der Waals surface area contributed by atoms with E-state index in [9.17, 15) is 19.7 Å². The lowest BCUT2D eigenvalue weighted by atomic mass is 10.2. The van der Waals surface area contributed by atoms with Gasteiger partial charge in [-0.2, -0.15) is 9.36 Å². The summed E-state index contributed by atoms with van der Waals surface area (Å²) in [6, 6.07) is 12.1. The molecule has 138 valence electrons. The SMILES string of the molecule is CN(C(=O)Cn1nnn(-c2ccccc2Cl)c1=O)c1ccc([N+](=O)[O-])cc1. The molecule has 0 saturated carbocycles. The summed E-state index contributed by atoms with van der Waals surface area (Å²) < 4.78 is 1.91. The number of amides is 1. The Morgan fingerprint density at radius 3 is 2.48 bits per heavy atom. The highest BCUT2D eigenvalue weighted by Crippen LogP contribution is 2.19. The van der Waals surface area contributed by atoms with E-state index in [0.29, 0.717) is 16.4 Å². The van der Waals surface area contributed by atoms with Crippen molar-refractivity contribution < 1.29 is 9.72 Å². The Hall–Kier alpha value is -3.53. The third-order valence-corrected chi connectivity index (χ3v) is 4.15. The Morgan fingerprint density at radius 1 is 1.19 bits per heavy atom. The van der Waals surface area contributed by atoms with Crippen LogP contribution in [0.5, 0.6) is 0 Å². The number of hydrogen-bond donors (Lipinski definition) is 0. The summed E-state index contributed by atoms with van der Waals surface area (Å²) in [7, 11) is 1.49. The Kier molecular flexibility index (Phi) is 4.99. The quantitative estimate of drug-likeness (QED) is 0.484. The largest absolute Gasteiger partial charge is 0.369 e. The van der Waals surface area contributed by atoms with Gasteiger partial charge in [-0.15, -0.1) is 0 Å². The maximum Gasteiger partial charge on any atom is 0.369 e. The smallest absolute Gasteiger partial charge is 0.314 e. The molecule has 0 spiro atoms. The molecular weight excluding hydrogens is 376 g/mol. The van der Waals surface area contributed by atoms with Crippen molar-refractivity contribution in [3.63, 3.8) is 0 Å². The van der Waals surface area contributed by atoms with E-state index in [4.69, 9.17) is 11.6 Å². The Morgan fingerprint density at radius 2 is 1.85 bits per heavy atom. The predicted molar refractivity (Wildman–Crippen MR) is 97.1 cm³/mol. The van der Waals surface area contributed by atoms with Crippen LogP contribution in [0.15, 0.2) is 53.3 Å². The molecule has 1 aromatic heterocycles. The highest BCUT2D eigenvalue weighted by molar-refractivity contribution is 6.32. The normalized spacial score (nSPS) is 10.6. The number of halogens is 1. The second-order valence-electron chi connectivity index (χ2n) is 5.51. The molecule has 0 aliphatic heterocycles. The maximum atomic E-state index is 12.4. The molecule has 0 N–H and O–H groups in total. The zero-order valence-corrected chi connectivity index (χ0v) is 14.8. The second-order valence-corrected chi connectivity index (χ2v) is 5.92. The van der Waals surface area contributed by atoms with E-state index in [-0.39, 0.29) is 12.2 Å².